The van der Waals surface area contributed by atoms with Gasteiger partial charge >= 0.3 is 0 Å². The van der Waals surface area contributed by atoms with Crippen molar-refractivity contribution < 1.29 is 9.53 Å². The first-order chi connectivity index (χ1) is 12.1. The normalized spacial score (nSPS) is 10.8. The lowest BCUT2D eigenvalue weighted by atomic mass is 10.2. The summed E-state index contributed by atoms with van der Waals surface area (Å²) in [6, 6.07) is 10.5. The minimum Gasteiger partial charge on any atom is -0.494 e. The molecule has 2 aromatic carbocycles. The number of benzene rings is 2. The van der Waals surface area contributed by atoms with Gasteiger partial charge in [-0.3, -0.25) is 10.1 Å². The number of ether oxygens (including phenoxy) is 1. The number of rotatable bonds is 6. The van der Waals surface area contributed by atoms with Crippen LogP contribution in [0.15, 0.2) is 36.4 Å². The molecule has 0 unspecified atom stereocenters. The zero-order valence-corrected chi connectivity index (χ0v) is 15.8. The number of nitrogens with zero attached hydrogens (tertiary/aromatic N) is 1. The Balaban J connectivity index is 1.70. The number of anilines is 1. The number of halogens is 2. The van der Waals surface area contributed by atoms with E-state index in [1.807, 2.05) is 0 Å². The molecule has 0 fully saturated rings. The van der Waals surface area contributed by atoms with Crippen LogP contribution in [0.3, 0.4) is 0 Å². The van der Waals surface area contributed by atoms with E-state index in [-0.39, 0.29) is 5.91 Å². The molecule has 0 aliphatic carbocycles. The maximum absolute atomic E-state index is 12.4. The lowest BCUT2D eigenvalue weighted by molar-refractivity contribution is 0.102. The molecule has 3 rings (SSSR count). The van der Waals surface area contributed by atoms with E-state index < -0.39 is 0 Å². The monoisotopic (exact) mass is 394 g/mol. The largest absolute Gasteiger partial charge is 0.494 e. The second kappa shape index (κ2) is 8.04. The van der Waals surface area contributed by atoms with Crippen molar-refractivity contribution in [3.8, 4) is 5.75 Å². The second-order valence-electron chi connectivity index (χ2n) is 5.43. The minimum atomic E-state index is -0.235. The van der Waals surface area contributed by atoms with Gasteiger partial charge in [0.25, 0.3) is 5.91 Å². The summed E-state index contributed by atoms with van der Waals surface area (Å²) in [4.78, 5) is 16.7. The Bertz CT molecular complexity index is 894. The third kappa shape index (κ3) is 4.42. The highest BCUT2D eigenvalue weighted by atomic mass is 35.5. The summed E-state index contributed by atoms with van der Waals surface area (Å²) in [6.45, 7) is 2.79. The molecule has 0 aliphatic rings. The smallest absolute Gasteiger partial charge is 0.257 e. The number of nitrogens with one attached hydrogen (secondary N) is 1. The van der Waals surface area contributed by atoms with Gasteiger partial charge in [-0.05, 0) is 42.8 Å². The average Bonchev–Trinajstić information content (AvgIpc) is 2.98. The topological polar surface area (TPSA) is 51.2 Å². The first kappa shape index (κ1) is 18.0. The SMILES string of the molecule is CCCCOc1ccc(C(=O)Nc2nc3c(Cl)cc(Cl)cc3s2)cc1. The van der Waals surface area contributed by atoms with Gasteiger partial charge in [0, 0.05) is 10.6 Å². The maximum Gasteiger partial charge on any atom is 0.257 e. The van der Waals surface area contributed by atoms with E-state index in [1.165, 1.54) is 11.3 Å². The molecule has 0 aliphatic heterocycles. The fourth-order valence-corrected chi connectivity index (χ4v) is 3.80. The number of amides is 1. The Hall–Kier alpha value is -1.82. The average molecular weight is 395 g/mol. The van der Waals surface area contributed by atoms with Crippen molar-refractivity contribution in [2.24, 2.45) is 0 Å². The molecule has 3 aromatic rings. The van der Waals surface area contributed by atoms with E-state index in [0.717, 1.165) is 23.3 Å². The van der Waals surface area contributed by atoms with Gasteiger partial charge in [0.15, 0.2) is 5.13 Å². The van der Waals surface area contributed by atoms with Crippen molar-refractivity contribution in [1.29, 1.82) is 0 Å². The lowest BCUT2D eigenvalue weighted by Gasteiger charge is -2.06. The van der Waals surface area contributed by atoms with Crippen LogP contribution in [0.1, 0.15) is 30.1 Å². The van der Waals surface area contributed by atoms with Gasteiger partial charge in [0.05, 0.1) is 16.3 Å². The van der Waals surface area contributed by atoms with E-state index in [4.69, 9.17) is 27.9 Å². The highest BCUT2D eigenvalue weighted by molar-refractivity contribution is 7.22. The number of unbranched alkanes of at least 4 members (excludes halogenated alkanes) is 1. The maximum atomic E-state index is 12.4. The van der Waals surface area contributed by atoms with Crippen molar-refractivity contribution in [2.75, 3.05) is 11.9 Å². The molecular weight excluding hydrogens is 379 g/mol. The fourth-order valence-electron chi connectivity index (χ4n) is 2.22. The van der Waals surface area contributed by atoms with Crippen LogP contribution in [0.25, 0.3) is 10.2 Å². The molecule has 1 amide bonds. The Labute approximate surface area is 159 Å². The van der Waals surface area contributed by atoms with Gasteiger partial charge in [-0.1, -0.05) is 47.9 Å². The Morgan fingerprint density at radius 3 is 2.72 bits per heavy atom. The molecule has 0 radical (unpaired) electrons. The number of hydrogen-bond donors (Lipinski definition) is 1. The van der Waals surface area contributed by atoms with Crippen LogP contribution < -0.4 is 10.1 Å². The quantitative estimate of drug-likeness (QED) is 0.518. The van der Waals surface area contributed by atoms with Gasteiger partial charge in [-0.15, -0.1) is 0 Å². The van der Waals surface area contributed by atoms with E-state index in [9.17, 15) is 4.79 Å². The minimum absolute atomic E-state index is 0.235. The summed E-state index contributed by atoms with van der Waals surface area (Å²) in [5.41, 5.74) is 1.16. The first-order valence-corrected chi connectivity index (χ1v) is 9.44. The zero-order chi connectivity index (χ0) is 17.8. The van der Waals surface area contributed by atoms with Gasteiger partial charge in [0.2, 0.25) is 0 Å². The molecule has 0 saturated heterocycles. The van der Waals surface area contributed by atoms with Crippen molar-refractivity contribution in [3.63, 3.8) is 0 Å². The number of fused-ring (bicyclic) bond motifs is 1. The van der Waals surface area contributed by atoms with E-state index in [0.29, 0.717) is 32.9 Å². The van der Waals surface area contributed by atoms with Crippen LogP contribution in [0.4, 0.5) is 5.13 Å². The van der Waals surface area contributed by atoms with Crippen LogP contribution in [-0.2, 0) is 0 Å². The van der Waals surface area contributed by atoms with E-state index in [1.54, 1.807) is 36.4 Å². The number of carbonyl (C=O) groups excluding carboxylic acids is 1. The number of carbonyl (C=O) groups is 1. The Morgan fingerprint density at radius 2 is 2.00 bits per heavy atom. The lowest BCUT2D eigenvalue weighted by Crippen LogP contribution is -2.11. The Kier molecular flexibility index (Phi) is 5.78. The van der Waals surface area contributed by atoms with E-state index >= 15 is 0 Å². The fraction of sp³-hybridized carbons (Fsp3) is 0.222. The molecule has 130 valence electrons. The standard InChI is InChI=1S/C18H16Cl2N2O2S/c1-2-3-8-24-13-6-4-11(5-7-13)17(23)22-18-21-16-14(20)9-12(19)10-15(16)25-18/h4-7,9-10H,2-3,8H2,1H3,(H,21,22,23). The highest BCUT2D eigenvalue weighted by Gasteiger charge is 2.12. The molecule has 0 bridgehead atoms. The van der Waals surface area contributed by atoms with Crippen LogP contribution in [0.5, 0.6) is 5.75 Å². The zero-order valence-electron chi connectivity index (χ0n) is 13.5. The predicted molar refractivity (Wildman–Crippen MR) is 104 cm³/mol. The molecule has 4 nitrogen and oxygen atoms in total. The van der Waals surface area contributed by atoms with Gasteiger partial charge in [-0.2, -0.15) is 0 Å². The van der Waals surface area contributed by atoms with Gasteiger partial charge in [0.1, 0.15) is 11.3 Å². The molecule has 25 heavy (non-hydrogen) atoms. The molecule has 1 heterocycles. The van der Waals surface area contributed by atoms with Crippen molar-refractivity contribution in [1.82, 2.24) is 4.98 Å². The molecule has 7 heteroatoms. The highest BCUT2D eigenvalue weighted by Crippen LogP contribution is 2.33. The summed E-state index contributed by atoms with van der Waals surface area (Å²) in [5.74, 6) is 0.521. The predicted octanol–water partition coefficient (Wildman–Crippen LogP) is 6.03. The third-order valence-corrected chi connectivity index (χ3v) is 4.94. The molecular formula is C18H16Cl2N2O2S. The number of thiazole rings is 1. The summed E-state index contributed by atoms with van der Waals surface area (Å²) in [5, 5.41) is 4.28. The van der Waals surface area contributed by atoms with E-state index in [2.05, 4.69) is 17.2 Å². The van der Waals surface area contributed by atoms with Crippen molar-refractivity contribution in [3.05, 3.63) is 52.0 Å². The van der Waals surface area contributed by atoms with Gasteiger partial charge in [-0.25, -0.2) is 4.98 Å². The first-order valence-electron chi connectivity index (χ1n) is 7.86. The summed E-state index contributed by atoms with van der Waals surface area (Å²) in [7, 11) is 0. The molecule has 1 aromatic heterocycles. The molecule has 0 saturated carbocycles. The van der Waals surface area contributed by atoms with Crippen LogP contribution >= 0.6 is 34.5 Å². The number of hydrogen-bond acceptors (Lipinski definition) is 4. The summed E-state index contributed by atoms with van der Waals surface area (Å²) in [6.07, 6.45) is 2.09. The summed E-state index contributed by atoms with van der Waals surface area (Å²) >= 11 is 13.5. The third-order valence-electron chi connectivity index (χ3n) is 3.52. The van der Waals surface area contributed by atoms with Gasteiger partial charge < -0.3 is 4.74 Å². The number of aromatic nitrogens is 1. The molecule has 0 spiro atoms. The van der Waals surface area contributed by atoms with Crippen LogP contribution in [0, 0.1) is 0 Å². The second-order valence-corrected chi connectivity index (χ2v) is 7.31. The van der Waals surface area contributed by atoms with Crippen molar-refractivity contribution >= 4 is 55.8 Å². The van der Waals surface area contributed by atoms with Crippen LogP contribution in [-0.4, -0.2) is 17.5 Å². The molecule has 1 N–H and O–H groups in total. The Morgan fingerprint density at radius 1 is 1.24 bits per heavy atom. The summed E-state index contributed by atoms with van der Waals surface area (Å²) < 4.78 is 6.42. The van der Waals surface area contributed by atoms with Crippen LogP contribution in [0.2, 0.25) is 10.0 Å². The molecule has 0 atom stereocenters. The van der Waals surface area contributed by atoms with Crippen molar-refractivity contribution in [2.45, 2.75) is 19.8 Å².